The van der Waals surface area contributed by atoms with Crippen LogP contribution in [0.4, 0.5) is 14.6 Å². The number of halogens is 2. The highest BCUT2D eigenvalue weighted by Gasteiger charge is 2.52. The lowest BCUT2D eigenvalue weighted by molar-refractivity contribution is -0.0494. The number of hydrogen-bond donors (Lipinski definition) is 1. The second-order valence-corrected chi connectivity index (χ2v) is 6.84. The lowest BCUT2D eigenvalue weighted by atomic mass is 9.80. The van der Waals surface area contributed by atoms with E-state index >= 15 is 0 Å². The van der Waals surface area contributed by atoms with Crippen LogP contribution in [0.2, 0.25) is 0 Å². The lowest BCUT2D eigenvalue weighted by Crippen LogP contribution is -2.41. The Hall–Kier alpha value is -1.49. The van der Waals surface area contributed by atoms with Crippen molar-refractivity contribution < 1.29 is 32.3 Å². The van der Waals surface area contributed by atoms with Gasteiger partial charge >= 0.3 is 13.7 Å². The van der Waals surface area contributed by atoms with Gasteiger partial charge in [-0.15, -0.1) is 0 Å². The quantitative estimate of drug-likeness (QED) is 0.805. The highest BCUT2D eigenvalue weighted by Crippen LogP contribution is 2.36. The van der Waals surface area contributed by atoms with E-state index in [4.69, 9.17) is 24.5 Å². The van der Waals surface area contributed by atoms with Gasteiger partial charge in [0.1, 0.15) is 0 Å². The van der Waals surface area contributed by atoms with Gasteiger partial charge in [-0.1, -0.05) is 0 Å². The summed E-state index contributed by atoms with van der Waals surface area (Å²) in [5.41, 5.74) is 4.92. The van der Waals surface area contributed by atoms with Crippen molar-refractivity contribution in [1.82, 2.24) is 4.98 Å². The zero-order chi connectivity index (χ0) is 19.4. The Bertz CT molecular complexity index is 572. The molecule has 0 saturated carbocycles. The number of anilines is 1. The van der Waals surface area contributed by atoms with Crippen LogP contribution in [0.3, 0.4) is 0 Å². The molecule has 1 aromatic rings. The fourth-order valence-corrected chi connectivity index (χ4v) is 2.21. The van der Waals surface area contributed by atoms with E-state index in [1.165, 1.54) is 12.3 Å². The molecule has 0 radical (unpaired) electrons. The highest BCUT2D eigenvalue weighted by atomic mass is 19.3. The Morgan fingerprint density at radius 3 is 2.00 bits per heavy atom. The average molecular weight is 374 g/mol. The standard InChI is InChI=1S/C12H17BF2N2O3.C4H8O2/c1-11(2)12(3,4)20-13(19-11)7-5-8(18-10(14)15)9(16)17-6-7;1-2-6-4-3-5-1/h5-6,10H,1-4H3,(H2,16,17);1-4H2. The van der Waals surface area contributed by atoms with Crippen molar-refractivity contribution in [2.75, 3.05) is 32.2 Å². The maximum absolute atomic E-state index is 12.3. The van der Waals surface area contributed by atoms with E-state index in [2.05, 4.69) is 9.72 Å². The third-order valence-corrected chi connectivity index (χ3v) is 4.39. The van der Waals surface area contributed by atoms with Crippen molar-refractivity contribution in [2.45, 2.75) is 45.5 Å². The van der Waals surface area contributed by atoms with Crippen LogP contribution in [-0.2, 0) is 18.8 Å². The third kappa shape index (κ3) is 5.26. The van der Waals surface area contributed by atoms with E-state index in [-0.39, 0.29) is 11.6 Å². The van der Waals surface area contributed by atoms with Crippen molar-refractivity contribution in [1.29, 1.82) is 0 Å². The van der Waals surface area contributed by atoms with Gasteiger partial charge in [-0.2, -0.15) is 8.78 Å². The molecule has 0 aromatic carbocycles. The van der Waals surface area contributed by atoms with Gasteiger partial charge in [0.15, 0.2) is 11.6 Å². The van der Waals surface area contributed by atoms with E-state index in [1.54, 1.807) is 0 Å². The third-order valence-electron chi connectivity index (χ3n) is 4.39. The van der Waals surface area contributed by atoms with Gasteiger partial charge in [0.2, 0.25) is 0 Å². The molecule has 10 heteroatoms. The van der Waals surface area contributed by atoms with Crippen molar-refractivity contribution in [3.8, 4) is 5.75 Å². The molecule has 7 nitrogen and oxygen atoms in total. The molecule has 2 N–H and O–H groups in total. The average Bonchev–Trinajstić information content (AvgIpc) is 2.79. The first-order valence-electron chi connectivity index (χ1n) is 8.34. The first kappa shape index (κ1) is 20.8. The van der Waals surface area contributed by atoms with Crippen LogP contribution >= 0.6 is 0 Å². The minimum absolute atomic E-state index is 0.106. The van der Waals surface area contributed by atoms with Crippen molar-refractivity contribution >= 4 is 18.4 Å². The number of hydrogen-bond acceptors (Lipinski definition) is 7. The van der Waals surface area contributed by atoms with Gasteiger partial charge in [0, 0.05) is 11.7 Å². The minimum Gasteiger partial charge on any atom is -0.431 e. The Kier molecular flexibility index (Phi) is 6.78. The molecule has 3 heterocycles. The van der Waals surface area contributed by atoms with Crippen LogP contribution in [-0.4, -0.2) is 56.3 Å². The maximum atomic E-state index is 12.3. The smallest absolute Gasteiger partial charge is 0.431 e. The summed E-state index contributed by atoms with van der Waals surface area (Å²) in [5, 5.41) is 0. The van der Waals surface area contributed by atoms with Gasteiger partial charge in [0.25, 0.3) is 0 Å². The molecule has 1 aromatic heterocycles. The van der Waals surface area contributed by atoms with Gasteiger partial charge in [-0.25, -0.2) is 4.98 Å². The molecule has 146 valence electrons. The van der Waals surface area contributed by atoms with Crippen LogP contribution in [0.5, 0.6) is 5.75 Å². The molecule has 0 atom stereocenters. The summed E-state index contributed by atoms with van der Waals surface area (Å²) in [4.78, 5) is 3.83. The predicted octanol–water partition coefficient (Wildman–Crippen LogP) is 1.60. The number of nitrogens with zero attached hydrogens (tertiary/aromatic N) is 1. The fraction of sp³-hybridized carbons (Fsp3) is 0.688. The predicted molar refractivity (Wildman–Crippen MR) is 92.6 cm³/mol. The fourth-order valence-electron chi connectivity index (χ4n) is 2.21. The largest absolute Gasteiger partial charge is 0.496 e. The monoisotopic (exact) mass is 374 g/mol. The SMILES string of the molecule is C1COCCO1.CC1(C)OB(c2cnc(N)c(OC(F)F)c2)OC1(C)C. The van der Waals surface area contributed by atoms with E-state index in [0.717, 1.165) is 26.4 Å². The minimum atomic E-state index is -2.97. The van der Waals surface area contributed by atoms with E-state index < -0.39 is 24.9 Å². The number of nitrogens with two attached hydrogens (primary N) is 1. The van der Waals surface area contributed by atoms with Crippen LogP contribution in [0, 0.1) is 0 Å². The highest BCUT2D eigenvalue weighted by molar-refractivity contribution is 6.62. The summed E-state index contributed by atoms with van der Waals surface area (Å²) in [7, 11) is -0.701. The normalized spacial score (nSPS) is 21.3. The molecule has 0 unspecified atom stereocenters. The number of aromatic nitrogens is 1. The Labute approximate surface area is 152 Å². The number of ether oxygens (including phenoxy) is 3. The second-order valence-electron chi connectivity index (χ2n) is 6.84. The van der Waals surface area contributed by atoms with E-state index in [9.17, 15) is 8.78 Å². The topological polar surface area (TPSA) is 85.1 Å². The summed E-state index contributed by atoms with van der Waals surface area (Å²) in [6, 6.07) is 1.36. The van der Waals surface area contributed by atoms with Crippen molar-refractivity contribution in [3.63, 3.8) is 0 Å². The van der Waals surface area contributed by atoms with Crippen molar-refractivity contribution in [2.24, 2.45) is 0 Å². The molecular formula is C16H25BF2N2O5. The first-order valence-corrected chi connectivity index (χ1v) is 8.34. The molecule has 0 spiro atoms. The molecule has 0 bridgehead atoms. The first-order chi connectivity index (χ1) is 12.1. The number of rotatable bonds is 3. The molecular weight excluding hydrogens is 349 g/mol. The van der Waals surface area contributed by atoms with E-state index in [1.807, 2.05) is 27.7 Å². The summed E-state index contributed by atoms with van der Waals surface area (Å²) >= 11 is 0. The number of nitrogen functional groups attached to an aromatic ring is 1. The summed E-state index contributed by atoms with van der Waals surface area (Å²) < 4.78 is 50.4. The molecule has 2 fully saturated rings. The molecule has 3 rings (SSSR count). The molecule has 2 aliphatic rings. The zero-order valence-electron chi connectivity index (χ0n) is 15.5. The summed E-state index contributed by atoms with van der Waals surface area (Å²) in [5.74, 6) is -0.294. The van der Waals surface area contributed by atoms with Crippen LogP contribution < -0.4 is 15.9 Å². The Morgan fingerprint density at radius 1 is 1.08 bits per heavy atom. The maximum Gasteiger partial charge on any atom is 0.496 e. The number of alkyl halides is 2. The van der Waals surface area contributed by atoms with Crippen molar-refractivity contribution in [3.05, 3.63) is 12.3 Å². The van der Waals surface area contributed by atoms with Crippen LogP contribution in [0.25, 0.3) is 0 Å². The molecule has 2 aliphatic heterocycles. The summed E-state index contributed by atoms with van der Waals surface area (Å²) in [6.07, 6.45) is 1.43. The Morgan fingerprint density at radius 2 is 1.58 bits per heavy atom. The zero-order valence-corrected chi connectivity index (χ0v) is 15.5. The van der Waals surface area contributed by atoms with Gasteiger partial charge in [0.05, 0.1) is 37.6 Å². The molecule has 0 aliphatic carbocycles. The van der Waals surface area contributed by atoms with Crippen LogP contribution in [0.15, 0.2) is 12.3 Å². The van der Waals surface area contributed by atoms with Gasteiger partial charge in [-0.3, -0.25) is 0 Å². The van der Waals surface area contributed by atoms with Crippen LogP contribution in [0.1, 0.15) is 27.7 Å². The van der Waals surface area contributed by atoms with E-state index in [0.29, 0.717) is 5.46 Å². The molecule has 2 saturated heterocycles. The van der Waals surface area contributed by atoms with Gasteiger partial charge in [-0.05, 0) is 33.8 Å². The summed E-state index contributed by atoms with van der Waals surface area (Å²) in [6.45, 7) is 7.73. The second kappa shape index (κ2) is 8.47. The van der Waals surface area contributed by atoms with Gasteiger partial charge < -0.3 is 29.3 Å². The Balaban J connectivity index is 0.000000342. The lowest BCUT2D eigenvalue weighted by Gasteiger charge is -2.32. The number of pyridine rings is 1. The molecule has 0 amide bonds. The molecule has 26 heavy (non-hydrogen) atoms.